The third-order valence-corrected chi connectivity index (χ3v) is 21.5. The van der Waals surface area contributed by atoms with Gasteiger partial charge in [-0.2, -0.15) is 30.9 Å². The molecule has 4 atom stereocenters. The summed E-state index contributed by atoms with van der Waals surface area (Å²) < 4.78 is 118. The van der Waals surface area contributed by atoms with E-state index in [1.807, 2.05) is 74.1 Å². The van der Waals surface area contributed by atoms with Crippen molar-refractivity contribution < 1.29 is 112 Å². The Morgan fingerprint density at radius 2 is 0.984 bits per heavy atom. The molecule has 0 saturated carbocycles. The fourth-order valence-corrected chi connectivity index (χ4v) is 14.6. The molecule has 4 amide bonds. The molecule has 2 N–H and O–H groups in total. The maximum absolute atomic E-state index is 14.3. The zero-order valence-corrected chi connectivity index (χ0v) is 72.6. The van der Waals surface area contributed by atoms with Crippen molar-refractivity contribution >= 4 is 81.8 Å². The number of alkyl halides is 7. The molecule has 0 aliphatic carbocycles. The Bertz CT molecular complexity index is 4950. The quantitative estimate of drug-likeness (QED) is 0.00368. The van der Waals surface area contributed by atoms with Crippen LogP contribution in [0.2, 0.25) is 0 Å². The van der Waals surface area contributed by atoms with Crippen LogP contribution < -0.4 is 58.6 Å². The minimum atomic E-state index is -4.87. The predicted octanol–water partition coefficient (Wildman–Crippen LogP) is 12.7. The average molecular weight is 1900 g/mol. The van der Waals surface area contributed by atoms with E-state index in [0.717, 1.165) is 88.9 Å². The molecule has 34 nitrogen and oxygen atoms in total. The summed E-state index contributed by atoms with van der Waals surface area (Å²) >= 11 is 5.59. The summed E-state index contributed by atoms with van der Waals surface area (Å²) in [4.78, 5) is 90.1. The van der Waals surface area contributed by atoms with Gasteiger partial charge in [-0.05, 0) is 166 Å². The van der Waals surface area contributed by atoms with Crippen molar-refractivity contribution in [2.75, 3.05) is 126 Å². The highest BCUT2D eigenvalue weighted by Crippen LogP contribution is 2.36. The van der Waals surface area contributed by atoms with E-state index >= 15 is 0 Å². The van der Waals surface area contributed by atoms with E-state index in [1.165, 1.54) is 31.5 Å². The van der Waals surface area contributed by atoms with Gasteiger partial charge in [-0.15, -0.1) is 15.3 Å². The average Bonchev–Trinajstić information content (AvgIpc) is 1.61. The second-order valence-electron chi connectivity index (χ2n) is 29.9. The van der Waals surface area contributed by atoms with Gasteiger partial charge in [0.25, 0.3) is 12.1 Å². The highest BCUT2D eigenvalue weighted by atomic mass is 127. The molecule has 0 radical (unpaired) electrons. The van der Waals surface area contributed by atoms with Crippen LogP contribution in [0.1, 0.15) is 172 Å². The van der Waals surface area contributed by atoms with E-state index in [2.05, 4.69) is 78.1 Å². The van der Waals surface area contributed by atoms with E-state index in [0.29, 0.717) is 138 Å². The van der Waals surface area contributed by atoms with Crippen LogP contribution in [0.15, 0.2) is 132 Å². The Morgan fingerprint density at radius 3 is 1.42 bits per heavy atom. The molecule has 0 bridgehead atoms. The number of fused-ring (bicyclic) bond motifs is 2. The summed E-state index contributed by atoms with van der Waals surface area (Å²) in [5.74, 6) is 0.0864. The number of hydrogen-bond donors (Lipinski definition) is 2. The number of rotatable bonds is 33. The van der Waals surface area contributed by atoms with Gasteiger partial charge in [0, 0.05) is 139 Å². The van der Waals surface area contributed by atoms with Crippen molar-refractivity contribution in [3.63, 3.8) is 0 Å². The Hall–Kier alpha value is -11.3. The summed E-state index contributed by atoms with van der Waals surface area (Å²) in [7, 11) is 3.65. The molecule has 4 aromatic heterocycles. The molecule has 2 unspecified atom stereocenters. The van der Waals surface area contributed by atoms with Crippen LogP contribution in [0.25, 0.3) is 32.2 Å². The number of halogens is 8. The number of nitrogens with zero attached hydrogens (tertiary/aromatic N) is 20. The van der Waals surface area contributed by atoms with Gasteiger partial charge in [-0.25, -0.2) is 9.59 Å². The summed E-state index contributed by atoms with van der Waals surface area (Å²) in [5, 5.41) is 31.2. The lowest BCUT2D eigenvalue weighted by Gasteiger charge is -2.37. The second-order valence-corrected chi connectivity index (χ2v) is 30.5. The summed E-state index contributed by atoms with van der Waals surface area (Å²) in [6.07, 6.45) is -4.57. The highest BCUT2D eigenvalue weighted by Gasteiger charge is 2.46. The highest BCUT2D eigenvalue weighted by molar-refractivity contribution is 6.20. The smallest absolute Gasteiger partial charge is 0.479 e. The first-order valence-corrected chi connectivity index (χ1v) is 41.2. The first-order valence-electron chi connectivity index (χ1n) is 40.8. The summed E-state index contributed by atoms with van der Waals surface area (Å²) in [5.41, 5.74) is 20.1. The van der Waals surface area contributed by atoms with Crippen molar-refractivity contribution in [3.8, 4) is 11.5 Å². The zero-order chi connectivity index (χ0) is 88.2. The SMILES string of the molecule is C.C.CC(Cl)OC(=O)Nc1ccccc1COC(=O)CCCCCN=[N+]=[N-].CC(OC(=O)Nc1ccccc1COC(=O)CCCCCN=[N+]=[N-])[n+]1nc(C(F)(F)F)n2nc(N3CCC(c4ccc(OCCN5CCN(C)C(=O)[C@H]5C)cc4)CC3)ccc21.C[C@@H]1C(=O)N(C)CCN1CCOc1ccc(C2CCN(c3ccc4nnc(C(F)(F)F)n4n3)CC2)cc1.[I-]. The molecular formula is C84H110ClF6IN22O12. The Morgan fingerprint density at radius 1 is 0.556 bits per heavy atom. The fourth-order valence-electron chi connectivity index (χ4n) is 14.5. The predicted molar refractivity (Wildman–Crippen MR) is 455 cm³/mol. The number of piperidine rings is 2. The molecule has 12 rings (SSSR count). The summed E-state index contributed by atoms with van der Waals surface area (Å²) in [6.45, 7) is 15.4. The van der Waals surface area contributed by atoms with Gasteiger partial charge in [0.1, 0.15) is 43.7 Å². The molecule has 8 heterocycles. The fraction of sp³-hybridized carbons (Fsp3) is 0.524. The van der Waals surface area contributed by atoms with Crippen molar-refractivity contribution in [2.24, 2.45) is 10.2 Å². The zero-order valence-electron chi connectivity index (χ0n) is 69.7. The number of aromatic nitrogens is 8. The number of carbonyl (C=O) groups is 6. The number of likely N-dealkylation sites (N-methyl/N-ethyl adjacent to an activating group) is 2. The number of amides is 4. The number of carbonyl (C=O) groups excluding carboxylic acids is 6. The van der Waals surface area contributed by atoms with Gasteiger partial charge in [0.15, 0.2) is 17.0 Å². The van der Waals surface area contributed by atoms with Crippen LogP contribution in [0.5, 0.6) is 11.5 Å². The molecule has 4 saturated heterocycles. The van der Waals surface area contributed by atoms with Gasteiger partial charge in [-0.3, -0.25) is 39.6 Å². The second kappa shape index (κ2) is 49.6. The first kappa shape index (κ1) is 102. The van der Waals surface area contributed by atoms with Gasteiger partial charge in [0.2, 0.25) is 11.8 Å². The lowest BCUT2D eigenvalue weighted by molar-refractivity contribution is -0.781. The van der Waals surface area contributed by atoms with Crippen molar-refractivity contribution in [1.82, 2.24) is 54.1 Å². The van der Waals surface area contributed by atoms with E-state index in [9.17, 15) is 55.1 Å². The number of anilines is 4. The molecular weight excluding hydrogens is 1790 g/mol. The molecule has 4 aliphatic rings. The van der Waals surface area contributed by atoms with Crippen LogP contribution in [0.4, 0.5) is 58.9 Å². The van der Waals surface area contributed by atoms with E-state index < -0.39 is 53.9 Å². The number of benzene rings is 4. The lowest BCUT2D eigenvalue weighted by atomic mass is 9.89. The number of esters is 2. The normalized spacial score (nSPS) is 16.3. The number of ether oxygens (including phenoxy) is 6. The van der Waals surface area contributed by atoms with Gasteiger partial charge in [0.05, 0.1) is 23.5 Å². The van der Waals surface area contributed by atoms with Crippen LogP contribution in [0.3, 0.4) is 0 Å². The maximum Gasteiger partial charge on any atom is 0.479 e. The minimum Gasteiger partial charge on any atom is -1.00 e. The van der Waals surface area contributed by atoms with Crippen molar-refractivity contribution in [3.05, 3.63) is 176 Å². The molecule has 4 aromatic carbocycles. The largest absolute Gasteiger partial charge is 1.00 e. The maximum atomic E-state index is 14.3. The van der Waals surface area contributed by atoms with E-state index in [4.69, 9.17) is 51.1 Å². The number of para-hydroxylation sites is 2. The Labute approximate surface area is 749 Å². The number of nitrogens with one attached hydrogen (secondary N) is 2. The van der Waals surface area contributed by atoms with Crippen LogP contribution in [-0.4, -0.2) is 214 Å². The van der Waals surface area contributed by atoms with Gasteiger partial charge in [-0.1, -0.05) is 124 Å². The lowest BCUT2D eigenvalue weighted by Crippen LogP contribution is -3.00. The Balaban J connectivity index is 0.000000284. The monoisotopic (exact) mass is 1890 g/mol. The Kier molecular flexibility index (Phi) is 40.1. The molecule has 42 heteroatoms. The number of unbranched alkanes of at least 4 members (excludes halogenated alkanes) is 4. The molecule has 4 fully saturated rings. The number of piperazine rings is 2. The standard InChI is InChI=1S/C41H50F3N11O6.C25H30F3N7O2.C16H21ClN4O4.2CH4.HI/c1-28-38(57)51(3)23-24-52(28)25-26-59-33-14-12-30(13-15-33)31-18-21-53(22-19-31)35-16-17-36-54(49-39(41(42,43)44)55(36)48-35)29(2)61-40(58)47-34-10-7-6-9-32(34)27-60-37(56)11-5-4-8-20-46-50-45;1-17-23(36)32(2)13-14-33(17)15-16-37-20-5-3-18(4-6-20)19-9-11-34(12-10-19)22-8-7-21-29-30-24(25(26,27)28)35(21)31-22;1-12(17)25-16(23)20-14-8-5-4-7-13(14)11-24-15(22)9-3-2-6-10-19-21-18;;;/h6-7,9-10,12-17,28-29,31H,4-5,8,11,18-27H2,1-3H3;3-8,17,19H,9-16H2,1-2H3;4-5,7-8,12H,2-3,6,9-11H2,1H3,(H,20,23);2*1H4;1H/t28-,29?;17-;;;;/m11..../s1. The first-order chi connectivity index (χ1) is 59.0. The van der Waals surface area contributed by atoms with Crippen LogP contribution in [-0.2, 0) is 63.7 Å². The van der Waals surface area contributed by atoms with E-state index in [-0.39, 0.29) is 112 Å². The van der Waals surface area contributed by atoms with Crippen molar-refractivity contribution in [2.45, 2.75) is 181 Å². The summed E-state index contributed by atoms with van der Waals surface area (Å²) in [6, 6.07) is 35.6. The third-order valence-electron chi connectivity index (χ3n) is 21.4. The number of azide groups is 2. The molecule has 126 heavy (non-hydrogen) atoms. The molecule has 684 valence electrons. The number of hydrogen-bond acceptors (Lipinski definition) is 23. The van der Waals surface area contributed by atoms with Gasteiger partial charge >= 0.3 is 47.9 Å². The topological polar surface area (TPSA) is 376 Å². The van der Waals surface area contributed by atoms with Gasteiger partial charge < -0.3 is 72.0 Å². The van der Waals surface area contributed by atoms with Crippen LogP contribution in [0, 0.1) is 0 Å². The van der Waals surface area contributed by atoms with E-state index in [1.54, 1.807) is 70.5 Å². The van der Waals surface area contributed by atoms with Crippen LogP contribution >= 0.6 is 11.6 Å². The third kappa shape index (κ3) is 29.7. The molecule has 8 aromatic rings. The molecule has 0 spiro atoms. The van der Waals surface area contributed by atoms with Crippen molar-refractivity contribution in [1.29, 1.82) is 0 Å². The molecule has 4 aliphatic heterocycles. The minimum absolute atomic E-state index is 0.